The first kappa shape index (κ1) is 15.7. The van der Waals surface area contributed by atoms with Gasteiger partial charge < -0.3 is 15.4 Å². The fourth-order valence-electron chi connectivity index (χ4n) is 2.54. The highest BCUT2D eigenvalue weighted by Gasteiger charge is 2.25. The largest absolute Gasteiger partial charge is 0.444 e. The number of para-hydroxylation sites is 1. The molecular formula is C17H26N2O2. The summed E-state index contributed by atoms with van der Waals surface area (Å²) in [5.41, 5.74) is 1.72. The summed E-state index contributed by atoms with van der Waals surface area (Å²) in [7, 11) is 0. The van der Waals surface area contributed by atoms with Crippen LogP contribution >= 0.6 is 0 Å². The van der Waals surface area contributed by atoms with E-state index in [-0.39, 0.29) is 6.09 Å². The zero-order valence-corrected chi connectivity index (χ0v) is 13.4. The zero-order chi connectivity index (χ0) is 15.5. The summed E-state index contributed by atoms with van der Waals surface area (Å²) in [4.78, 5) is 11.7. The Kier molecular flexibility index (Phi) is 4.76. The van der Waals surface area contributed by atoms with Gasteiger partial charge in [-0.3, -0.25) is 0 Å². The number of ether oxygens (including phenoxy) is 1. The maximum atomic E-state index is 11.7. The highest BCUT2D eigenvalue weighted by molar-refractivity contribution is 5.68. The number of nitrogens with one attached hydrogen (secondary N) is 2. The van der Waals surface area contributed by atoms with Gasteiger partial charge in [-0.2, -0.15) is 0 Å². The molecule has 1 saturated carbocycles. The van der Waals surface area contributed by atoms with E-state index in [1.54, 1.807) is 0 Å². The summed E-state index contributed by atoms with van der Waals surface area (Å²) in [6.07, 6.45) is 2.05. The maximum absolute atomic E-state index is 11.7. The molecule has 2 rings (SSSR count). The molecule has 0 saturated heterocycles. The van der Waals surface area contributed by atoms with Crippen LogP contribution in [0.25, 0.3) is 0 Å². The second kappa shape index (κ2) is 6.37. The van der Waals surface area contributed by atoms with Gasteiger partial charge in [0.05, 0.1) is 0 Å². The molecule has 0 aromatic heterocycles. The van der Waals surface area contributed by atoms with Gasteiger partial charge in [-0.25, -0.2) is 4.79 Å². The predicted octanol–water partition coefficient (Wildman–Crippen LogP) is 3.92. The van der Waals surface area contributed by atoms with Crippen molar-refractivity contribution < 1.29 is 9.53 Å². The lowest BCUT2D eigenvalue weighted by Crippen LogP contribution is -2.35. The van der Waals surface area contributed by atoms with Crippen LogP contribution in [0.5, 0.6) is 0 Å². The molecule has 0 radical (unpaired) electrons. The lowest BCUT2D eigenvalue weighted by atomic mass is 9.81. The molecule has 21 heavy (non-hydrogen) atoms. The molecule has 1 aromatic carbocycles. The van der Waals surface area contributed by atoms with E-state index in [9.17, 15) is 4.79 Å². The zero-order valence-electron chi connectivity index (χ0n) is 13.4. The highest BCUT2D eigenvalue weighted by Crippen LogP contribution is 2.30. The summed E-state index contributed by atoms with van der Waals surface area (Å²) < 4.78 is 5.26. The molecule has 1 amide bonds. The lowest BCUT2D eigenvalue weighted by Gasteiger charge is -2.34. The average molecular weight is 290 g/mol. The minimum Gasteiger partial charge on any atom is -0.444 e. The van der Waals surface area contributed by atoms with E-state index >= 15 is 0 Å². The van der Waals surface area contributed by atoms with Crippen molar-refractivity contribution in [2.45, 2.75) is 58.7 Å². The third-order valence-corrected chi connectivity index (χ3v) is 3.57. The smallest absolute Gasteiger partial charge is 0.407 e. The number of hydrogen-bond acceptors (Lipinski definition) is 3. The van der Waals surface area contributed by atoms with E-state index in [1.165, 1.54) is 12.8 Å². The summed E-state index contributed by atoms with van der Waals surface area (Å²) in [6, 6.07) is 8.65. The van der Waals surface area contributed by atoms with Crippen molar-refractivity contribution in [3.63, 3.8) is 0 Å². The Morgan fingerprint density at radius 2 is 1.95 bits per heavy atom. The van der Waals surface area contributed by atoms with Gasteiger partial charge in [-0.1, -0.05) is 25.1 Å². The van der Waals surface area contributed by atoms with E-state index in [1.807, 2.05) is 39.0 Å². The normalized spacial score (nSPS) is 21.3. The highest BCUT2D eigenvalue weighted by atomic mass is 16.6. The number of hydrogen-bond donors (Lipinski definition) is 2. The summed E-state index contributed by atoms with van der Waals surface area (Å²) in [5.74, 6) is 0.814. The third-order valence-electron chi connectivity index (χ3n) is 3.57. The third kappa shape index (κ3) is 4.96. The molecule has 4 heteroatoms. The SMILES string of the molecule is CC1CC(Nc2ccccc2CNC(=O)OC(C)(C)C)C1. The number of anilines is 1. The van der Waals surface area contributed by atoms with Crippen molar-refractivity contribution in [3.8, 4) is 0 Å². The number of rotatable bonds is 4. The van der Waals surface area contributed by atoms with Gasteiger partial charge in [-0.05, 0) is 51.2 Å². The molecule has 0 unspecified atom stereocenters. The van der Waals surface area contributed by atoms with Gasteiger partial charge in [0.15, 0.2) is 0 Å². The number of benzene rings is 1. The van der Waals surface area contributed by atoms with E-state index in [0.717, 1.165) is 17.2 Å². The topological polar surface area (TPSA) is 50.4 Å². The van der Waals surface area contributed by atoms with Crippen molar-refractivity contribution in [1.82, 2.24) is 5.32 Å². The van der Waals surface area contributed by atoms with Crippen LogP contribution in [0.15, 0.2) is 24.3 Å². The summed E-state index contributed by atoms with van der Waals surface area (Å²) in [5, 5.41) is 6.37. The van der Waals surface area contributed by atoms with Gasteiger partial charge in [-0.15, -0.1) is 0 Å². The number of alkyl carbamates (subject to hydrolysis) is 1. The molecule has 2 N–H and O–H groups in total. The van der Waals surface area contributed by atoms with Crippen LogP contribution in [0, 0.1) is 5.92 Å². The second-order valence-corrected chi connectivity index (χ2v) is 6.93. The van der Waals surface area contributed by atoms with Crippen LogP contribution in [0.2, 0.25) is 0 Å². The second-order valence-electron chi connectivity index (χ2n) is 6.93. The Morgan fingerprint density at radius 1 is 1.29 bits per heavy atom. The van der Waals surface area contributed by atoms with Crippen molar-refractivity contribution in [2.24, 2.45) is 5.92 Å². The fraction of sp³-hybridized carbons (Fsp3) is 0.588. The minimum atomic E-state index is -0.468. The predicted molar refractivity (Wildman–Crippen MR) is 85.3 cm³/mol. The average Bonchev–Trinajstić information content (AvgIpc) is 2.34. The minimum absolute atomic E-state index is 0.380. The molecule has 4 nitrogen and oxygen atoms in total. The van der Waals surface area contributed by atoms with Crippen molar-refractivity contribution in [2.75, 3.05) is 5.32 Å². The Hall–Kier alpha value is -1.71. The van der Waals surface area contributed by atoms with E-state index < -0.39 is 5.60 Å². The van der Waals surface area contributed by atoms with Crippen LogP contribution in [0.4, 0.5) is 10.5 Å². The first-order valence-electron chi connectivity index (χ1n) is 7.65. The summed E-state index contributed by atoms with van der Waals surface area (Å²) >= 11 is 0. The molecule has 0 heterocycles. The molecule has 1 fully saturated rings. The Labute approximate surface area is 127 Å². The van der Waals surface area contributed by atoms with Crippen LogP contribution in [0.3, 0.4) is 0 Å². The Morgan fingerprint density at radius 3 is 2.57 bits per heavy atom. The Balaban J connectivity index is 1.89. The van der Waals surface area contributed by atoms with Gasteiger partial charge in [0.1, 0.15) is 5.60 Å². The van der Waals surface area contributed by atoms with Crippen LogP contribution < -0.4 is 10.6 Å². The number of carbonyl (C=O) groups is 1. The molecule has 0 bridgehead atoms. The maximum Gasteiger partial charge on any atom is 0.407 e. The quantitative estimate of drug-likeness (QED) is 0.883. The van der Waals surface area contributed by atoms with Crippen LogP contribution in [-0.2, 0) is 11.3 Å². The van der Waals surface area contributed by atoms with Crippen molar-refractivity contribution in [1.29, 1.82) is 0 Å². The molecule has 1 aliphatic carbocycles. The molecule has 0 spiro atoms. The number of amides is 1. The van der Waals surface area contributed by atoms with Gasteiger partial charge in [0.25, 0.3) is 0 Å². The molecule has 0 atom stereocenters. The molecule has 1 aromatic rings. The molecule has 0 aliphatic heterocycles. The molecule has 1 aliphatic rings. The van der Waals surface area contributed by atoms with Gasteiger partial charge in [0.2, 0.25) is 0 Å². The fourth-order valence-corrected chi connectivity index (χ4v) is 2.54. The van der Waals surface area contributed by atoms with Gasteiger partial charge >= 0.3 is 6.09 Å². The van der Waals surface area contributed by atoms with Crippen molar-refractivity contribution >= 4 is 11.8 Å². The lowest BCUT2D eigenvalue weighted by molar-refractivity contribution is 0.0523. The van der Waals surface area contributed by atoms with Gasteiger partial charge in [0, 0.05) is 18.3 Å². The van der Waals surface area contributed by atoms with E-state index in [4.69, 9.17) is 4.74 Å². The summed E-state index contributed by atoms with van der Waals surface area (Å²) in [6.45, 7) is 8.33. The van der Waals surface area contributed by atoms with E-state index in [0.29, 0.717) is 12.6 Å². The Bertz CT molecular complexity index is 488. The van der Waals surface area contributed by atoms with Crippen LogP contribution in [-0.4, -0.2) is 17.7 Å². The molecule has 116 valence electrons. The first-order chi connectivity index (χ1) is 9.83. The van der Waals surface area contributed by atoms with Crippen LogP contribution in [0.1, 0.15) is 46.1 Å². The standard InChI is InChI=1S/C17H26N2O2/c1-12-9-14(10-12)19-15-8-6-5-7-13(15)11-18-16(20)21-17(2,3)4/h5-8,12,14,19H,9-11H2,1-4H3,(H,18,20). The monoisotopic (exact) mass is 290 g/mol. The van der Waals surface area contributed by atoms with Crippen molar-refractivity contribution in [3.05, 3.63) is 29.8 Å². The van der Waals surface area contributed by atoms with E-state index in [2.05, 4.69) is 23.6 Å². The first-order valence-corrected chi connectivity index (χ1v) is 7.65. The molecular weight excluding hydrogens is 264 g/mol. The number of carbonyl (C=O) groups excluding carboxylic acids is 1.